The predicted molar refractivity (Wildman–Crippen MR) is 122 cm³/mol. The van der Waals surface area contributed by atoms with Gasteiger partial charge in [-0.15, -0.1) is 0 Å². The number of rotatable bonds is 7. The van der Waals surface area contributed by atoms with Gasteiger partial charge in [0.25, 0.3) is 0 Å². The molecule has 3 aromatic rings. The zero-order valence-electron chi connectivity index (χ0n) is 17.3. The molecule has 0 aliphatic carbocycles. The number of fused-ring (bicyclic) bond motifs is 1. The van der Waals surface area contributed by atoms with Gasteiger partial charge in [0.15, 0.2) is 5.13 Å². The van der Waals surface area contributed by atoms with Crippen LogP contribution in [-0.4, -0.2) is 38.3 Å². The number of hydrogen-bond acceptors (Lipinski definition) is 7. The summed E-state index contributed by atoms with van der Waals surface area (Å²) in [5.74, 6) is 1.15. The van der Waals surface area contributed by atoms with Gasteiger partial charge in [-0.25, -0.2) is 9.78 Å². The smallest absolute Gasteiger partial charge is 0.323 e. The second-order valence-corrected chi connectivity index (χ2v) is 7.65. The molecular weight excluding hydrogens is 444 g/mol. The maximum atomic E-state index is 12.6. The number of halogens is 1. The van der Waals surface area contributed by atoms with Gasteiger partial charge < -0.3 is 30.2 Å². The van der Waals surface area contributed by atoms with Crippen molar-refractivity contribution in [1.29, 1.82) is 0 Å². The van der Waals surface area contributed by atoms with E-state index < -0.39 is 6.03 Å². The Kier molecular flexibility index (Phi) is 7.03. The number of carbonyl (C=O) groups excluding carboxylic acids is 2. The molecule has 164 valence electrons. The number of thiazole rings is 1. The Morgan fingerprint density at radius 1 is 0.968 bits per heavy atom. The zero-order valence-corrected chi connectivity index (χ0v) is 18.9. The summed E-state index contributed by atoms with van der Waals surface area (Å²) in [5.41, 5.74) is 1.45. The van der Waals surface area contributed by atoms with E-state index in [1.54, 1.807) is 25.1 Å². The minimum absolute atomic E-state index is 0.136. The third-order valence-electron chi connectivity index (χ3n) is 4.23. The molecule has 0 fully saturated rings. The average molecular weight is 465 g/mol. The van der Waals surface area contributed by atoms with Crippen molar-refractivity contribution < 1.29 is 23.8 Å². The van der Waals surface area contributed by atoms with E-state index in [1.807, 2.05) is 0 Å². The molecule has 0 atom stereocenters. The maximum Gasteiger partial charge on any atom is 0.323 e. The summed E-state index contributed by atoms with van der Waals surface area (Å²) in [6.07, 6.45) is 0.346. The third-order valence-corrected chi connectivity index (χ3v) is 5.44. The number of carbonyl (C=O) groups is 2. The van der Waals surface area contributed by atoms with Gasteiger partial charge >= 0.3 is 6.03 Å². The highest BCUT2D eigenvalue weighted by atomic mass is 35.5. The first-order valence-electron chi connectivity index (χ1n) is 9.16. The van der Waals surface area contributed by atoms with Gasteiger partial charge in [-0.3, -0.25) is 4.79 Å². The number of anilines is 3. The number of methoxy groups -OCH3 is 3. The minimum atomic E-state index is -0.509. The summed E-state index contributed by atoms with van der Waals surface area (Å²) >= 11 is 7.43. The van der Waals surface area contributed by atoms with Gasteiger partial charge in [0.05, 0.1) is 36.7 Å². The lowest BCUT2D eigenvalue weighted by atomic mass is 10.2. The van der Waals surface area contributed by atoms with E-state index in [9.17, 15) is 9.59 Å². The van der Waals surface area contributed by atoms with Crippen LogP contribution in [0, 0.1) is 0 Å². The summed E-state index contributed by atoms with van der Waals surface area (Å²) in [7, 11) is 4.47. The first-order chi connectivity index (χ1) is 14.9. The van der Waals surface area contributed by atoms with Crippen LogP contribution in [0.5, 0.6) is 17.2 Å². The summed E-state index contributed by atoms with van der Waals surface area (Å²) in [4.78, 5) is 28.6. The fraction of sp³-hybridized carbons (Fsp3) is 0.250. The van der Waals surface area contributed by atoms with Crippen LogP contribution in [-0.2, 0) is 4.79 Å². The number of benzene rings is 2. The zero-order chi connectivity index (χ0) is 22.5. The van der Waals surface area contributed by atoms with Crippen molar-refractivity contribution in [2.24, 2.45) is 0 Å². The monoisotopic (exact) mass is 464 g/mol. The molecule has 9 nitrogen and oxygen atoms in total. The van der Waals surface area contributed by atoms with E-state index in [2.05, 4.69) is 20.9 Å². The van der Waals surface area contributed by atoms with E-state index in [0.717, 1.165) is 4.70 Å². The summed E-state index contributed by atoms with van der Waals surface area (Å²) < 4.78 is 16.6. The van der Waals surface area contributed by atoms with Crippen LogP contribution >= 0.6 is 22.9 Å². The van der Waals surface area contributed by atoms with Gasteiger partial charge in [-0.2, -0.15) is 0 Å². The van der Waals surface area contributed by atoms with E-state index in [0.29, 0.717) is 50.7 Å². The van der Waals surface area contributed by atoms with Crippen LogP contribution in [0.4, 0.5) is 21.3 Å². The van der Waals surface area contributed by atoms with Gasteiger partial charge in [0.2, 0.25) is 5.91 Å². The molecule has 3 N–H and O–H groups in total. The second-order valence-electron chi connectivity index (χ2n) is 6.21. The molecule has 3 rings (SSSR count). The SMILES string of the molecule is CCC(=O)Nc1nc2c(OC)cc(NC(=O)Nc3cc(Cl)c(OC)cc3OC)cc2s1. The van der Waals surface area contributed by atoms with Crippen LogP contribution < -0.4 is 30.2 Å². The molecule has 3 amide bonds. The minimum Gasteiger partial charge on any atom is -0.495 e. The third kappa shape index (κ3) is 5.09. The number of amides is 3. The lowest BCUT2D eigenvalue weighted by Gasteiger charge is -2.14. The Balaban J connectivity index is 1.83. The number of nitrogens with one attached hydrogen (secondary N) is 3. The highest BCUT2D eigenvalue weighted by Gasteiger charge is 2.16. The number of urea groups is 1. The van der Waals surface area contributed by atoms with E-state index in [4.69, 9.17) is 25.8 Å². The molecule has 0 aliphatic rings. The fourth-order valence-corrected chi connectivity index (χ4v) is 3.91. The number of hydrogen-bond donors (Lipinski definition) is 3. The topological polar surface area (TPSA) is 111 Å². The molecule has 0 saturated heterocycles. The van der Waals surface area contributed by atoms with Crippen LogP contribution in [0.3, 0.4) is 0 Å². The Hall–Kier alpha value is -3.24. The molecule has 11 heteroatoms. The molecule has 2 aromatic carbocycles. The number of nitrogens with zero attached hydrogens (tertiary/aromatic N) is 1. The summed E-state index contributed by atoms with van der Waals surface area (Å²) in [5, 5.41) is 8.96. The molecule has 0 saturated carbocycles. The Bertz CT molecular complexity index is 1130. The molecule has 0 unspecified atom stereocenters. The quantitative estimate of drug-likeness (QED) is 0.455. The Morgan fingerprint density at radius 3 is 2.32 bits per heavy atom. The second kappa shape index (κ2) is 9.71. The van der Waals surface area contributed by atoms with Crippen LogP contribution in [0.15, 0.2) is 24.3 Å². The van der Waals surface area contributed by atoms with Crippen molar-refractivity contribution in [2.45, 2.75) is 13.3 Å². The molecule has 0 spiro atoms. The van der Waals surface area contributed by atoms with Crippen LogP contribution in [0.25, 0.3) is 10.2 Å². The largest absolute Gasteiger partial charge is 0.495 e. The molecule has 1 aromatic heterocycles. The number of ether oxygens (including phenoxy) is 3. The first kappa shape index (κ1) is 22.4. The van der Waals surface area contributed by atoms with Crippen molar-refractivity contribution in [2.75, 3.05) is 37.3 Å². The van der Waals surface area contributed by atoms with Crippen molar-refractivity contribution in [3.05, 3.63) is 29.3 Å². The predicted octanol–water partition coefficient (Wildman–Crippen LogP) is 4.97. The number of aromatic nitrogens is 1. The summed E-state index contributed by atoms with van der Waals surface area (Å²) in [6.45, 7) is 1.76. The van der Waals surface area contributed by atoms with Crippen LogP contribution in [0.2, 0.25) is 5.02 Å². The normalized spacial score (nSPS) is 10.5. The molecule has 0 radical (unpaired) electrons. The van der Waals surface area contributed by atoms with Crippen molar-refractivity contribution in [1.82, 2.24) is 4.98 Å². The van der Waals surface area contributed by atoms with Gasteiger partial charge in [-0.1, -0.05) is 29.9 Å². The van der Waals surface area contributed by atoms with Gasteiger partial charge in [0, 0.05) is 24.2 Å². The lowest BCUT2D eigenvalue weighted by molar-refractivity contribution is -0.115. The maximum absolute atomic E-state index is 12.6. The molecule has 0 bridgehead atoms. The lowest BCUT2D eigenvalue weighted by Crippen LogP contribution is -2.20. The van der Waals surface area contributed by atoms with Crippen LogP contribution in [0.1, 0.15) is 13.3 Å². The Labute approximate surface area is 187 Å². The molecule has 0 aliphatic heterocycles. The molecular formula is C20H21ClN4O5S. The highest BCUT2D eigenvalue weighted by molar-refractivity contribution is 7.22. The van der Waals surface area contributed by atoms with E-state index in [1.165, 1.54) is 38.7 Å². The molecule has 31 heavy (non-hydrogen) atoms. The standard InChI is InChI=1S/C20H21ClN4O5S/c1-5-17(26)24-20-25-18-15(30-4)6-10(7-16(18)31-20)22-19(27)23-12-8-11(21)13(28-2)9-14(12)29-3/h6-9H,5H2,1-4H3,(H2,22,23,27)(H,24,25,26). The van der Waals surface area contributed by atoms with Crippen molar-refractivity contribution in [3.8, 4) is 17.2 Å². The highest BCUT2D eigenvalue weighted by Crippen LogP contribution is 2.37. The van der Waals surface area contributed by atoms with Crippen molar-refractivity contribution >= 4 is 61.6 Å². The van der Waals surface area contributed by atoms with E-state index in [-0.39, 0.29) is 5.91 Å². The van der Waals surface area contributed by atoms with Crippen molar-refractivity contribution in [3.63, 3.8) is 0 Å². The van der Waals surface area contributed by atoms with E-state index >= 15 is 0 Å². The van der Waals surface area contributed by atoms with Gasteiger partial charge in [-0.05, 0) is 12.1 Å². The first-order valence-corrected chi connectivity index (χ1v) is 10.4. The van der Waals surface area contributed by atoms with Gasteiger partial charge in [0.1, 0.15) is 22.8 Å². The summed E-state index contributed by atoms with van der Waals surface area (Å²) in [6, 6.07) is 6.00. The fourth-order valence-electron chi connectivity index (χ4n) is 2.73. The molecule has 1 heterocycles. The average Bonchev–Trinajstić information content (AvgIpc) is 3.15. The Morgan fingerprint density at radius 2 is 1.68 bits per heavy atom.